The van der Waals surface area contributed by atoms with E-state index in [1.807, 2.05) is 27.7 Å². The van der Waals surface area contributed by atoms with Gasteiger partial charge in [0.1, 0.15) is 23.2 Å². The number of fused-ring (bicyclic) bond motifs is 3. The van der Waals surface area contributed by atoms with E-state index in [0.717, 1.165) is 0 Å². The summed E-state index contributed by atoms with van der Waals surface area (Å²) in [6.07, 6.45) is -0.366. The SMILES string of the molecule is C=C1[C@@]2(C)C[C@@H]3[C@](C)([C@H]4O[C@@]3(C)C3=CC(=O)OC(C)(C)[C@]35O[C@H]45)[C@]13C(=O)O[C@@H](C)[C@@]3(O)C2=O. The fourth-order valence-electron chi connectivity index (χ4n) is 9.36. The Morgan fingerprint density at radius 2 is 1.73 bits per heavy atom. The van der Waals surface area contributed by atoms with Crippen LogP contribution in [0.4, 0.5) is 0 Å². The highest BCUT2D eigenvalue weighted by atomic mass is 16.7. The van der Waals surface area contributed by atoms with Crippen molar-refractivity contribution in [2.24, 2.45) is 22.2 Å². The summed E-state index contributed by atoms with van der Waals surface area (Å²) in [5, 5.41) is 12.1. The number of carbonyl (C=O) groups excluding carboxylic acids is 3. The van der Waals surface area contributed by atoms with E-state index < -0.39 is 74.7 Å². The van der Waals surface area contributed by atoms with Crippen LogP contribution in [0.25, 0.3) is 0 Å². The summed E-state index contributed by atoms with van der Waals surface area (Å²) in [5.41, 5.74) is -7.66. The van der Waals surface area contributed by atoms with Gasteiger partial charge in [-0.1, -0.05) is 13.5 Å². The van der Waals surface area contributed by atoms with Gasteiger partial charge in [0, 0.05) is 23.0 Å². The highest BCUT2D eigenvalue weighted by molar-refractivity contribution is 6.11. The van der Waals surface area contributed by atoms with Crippen LogP contribution in [0.5, 0.6) is 0 Å². The van der Waals surface area contributed by atoms with Gasteiger partial charge in [-0.15, -0.1) is 0 Å². The molecule has 0 aromatic carbocycles. The summed E-state index contributed by atoms with van der Waals surface area (Å²) >= 11 is 0. The maximum absolute atomic E-state index is 13.9. The number of hydrogen-bond donors (Lipinski definition) is 1. The number of carbonyl (C=O) groups is 3. The van der Waals surface area contributed by atoms with Crippen LogP contribution in [0, 0.1) is 22.2 Å². The van der Waals surface area contributed by atoms with Crippen LogP contribution >= 0.6 is 0 Å². The van der Waals surface area contributed by atoms with E-state index in [-0.39, 0.29) is 5.92 Å². The Morgan fingerprint density at radius 3 is 2.39 bits per heavy atom. The topological polar surface area (TPSA) is 112 Å². The molecule has 10 atom stereocenters. The van der Waals surface area contributed by atoms with E-state index in [2.05, 4.69) is 6.58 Å². The number of cyclic esters (lactones) is 2. The zero-order valence-electron chi connectivity index (χ0n) is 19.6. The molecule has 8 heteroatoms. The van der Waals surface area contributed by atoms with Gasteiger partial charge in [-0.25, -0.2) is 4.79 Å². The third-order valence-corrected chi connectivity index (χ3v) is 10.9. The smallest absolute Gasteiger partial charge is 0.331 e. The lowest BCUT2D eigenvalue weighted by Crippen LogP contribution is -2.65. The Labute approximate surface area is 191 Å². The first-order valence-electron chi connectivity index (χ1n) is 11.6. The predicted molar refractivity (Wildman–Crippen MR) is 111 cm³/mol. The second-order valence-corrected chi connectivity index (χ2v) is 12.2. The third-order valence-electron chi connectivity index (χ3n) is 10.9. The standard InChI is InChI=1S/C25H28O8/c1-10-20(5)9-13-21(6,23(10)18(28)30-11(2)24(23,29)17(20)27)15-16-25(33-16)12(22(13,7)32-15)8-14(26)31-19(25,3)4/h8,11,13,15-16,29H,1,9H2,2-7H3/t11-,13+,15-,16+,20+,21+,22-,23+,24+,25-/m0/s1. The number of rotatable bonds is 0. The number of hydrogen-bond acceptors (Lipinski definition) is 8. The molecule has 4 aliphatic heterocycles. The van der Waals surface area contributed by atoms with Gasteiger partial charge < -0.3 is 24.1 Å². The minimum atomic E-state index is -2.06. The molecule has 0 amide bonds. The molecule has 0 radical (unpaired) electrons. The van der Waals surface area contributed by atoms with Crippen molar-refractivity contribution < 1.29 is 38.4 Å². The predicted octanol–water partition coefficient (Wildman–Crippen LogP) is 1.39. The minimum Gasteiger partial charge on any atom is -0.458 e. The molecule has 0 aromatic heterocycles. The minimum absolute atomic E-state index is 0.341. The molecule has 8 nitrogen and oxygen atoms in total. The highest BCUT2D eigenvalue weighted by Crippen LogP contribution is 2.84. The van der Waals surface area contributed by atoms with E-state index in [0.29, 0.717) is 17.6 Å². The molecule has 3 saturated heterocycles. The van der Waals surface area contributed by atoms with Crippen molar-refractivity contribution in [2.45, 2.75) is 88.7 Å². The molecular formula is C25H28O8. The first-order chi connectivity index (χ1) is 15.1. The van der Waals surface area contributed by atoms with E-state index >= 15 is 0 Å². The average molecular weight is 456 g/mol. The summed E-state index contributed by atoms with van der Waals surface area (Å²) < 4.78 is 24.4. The van der Waals surface area contributed by atoms with Crippen molar-refractivity contribution in [3.63, 3.8) is 0 Å². The first-order valence-corrected chi connectivity index (χ1v) is 11.6. The van der Waals surface area contributed by atoms with E-state index in [1.165, 1.54) is 6.08 Å². The normalized spacial score (nSPS) is 60.9. The highest BCUT2D eigenvalue weighted by Gasteiger charge is 2.96. The Hall–Kier alpha value is -2.03. The largest absolute Gasteiger partial charge is 0.458 e. The van der Waals surface area contributed by atoms with Crippen LogP contribution in [-0.4, -0.2) is 63.5 Å². The van der Waals surface area contributed by atoms with Gasteiger partial charge >= 0.3 is 11.9 Å². The molecule has 0 aromatic rings. The molecule has 7 aliphatic rings. The molecule has 33 heavy (non-hydrogen) atoms. The molecule has 3 aliphatic carbocycles. The van der Waals surface area contributed by atoms with E-state index in [4.69, 9.17) is 18.9 Å². The summed E-state index contributed by atoms with van der Waals surface area (Å²) in [6, 6.07) is 0. The molecule has 4 bridgehead atoms. The van der Waals surface area contributed by atoms with Gasteiger partial charge in [0.25, 0.3) is 0 Å². The summed E-state index contributed by atoms with van der Waals surface area (Å²) in [6.45, 7) is 15.1. The Bertz CT molecular complexity index is 1180. The number of esters is 2. The van der Waals surface area contributed by atoms with Crippen LogP contribution in [0.3, 0.4) is 0 Å². The third kappa shape index (κ3) is 1.45. The number of aliphatic hydroxyl groups is 1. The van der Waals surface area contributed by atoms with E-state index in [9.17, 15) is 19.5 Å². The Morgan fingerprint density at radius 1 is 1.06 bits per heavy atom. The van der Waals surface area contributed by atoms with Crippen molar-refractivity contribution in [3.8, 4) is 0 Å². The van der Waals surface area contributed by atoms with Gasteiger partial charge in [-0.3, -0.25) is 9.59 Å². The molecule has 4 heterocycles. The van der Waals surface area contributed by atoms with Crippen molar-refractivity contribution >= 4 is 17.7 Å². The van der Waals surface area contributed by atoms with Crippen LogP contribution in [0.2, 0.25) is 0 Å². The molecule has 0 unspecified atom stereocenters. The summed E-state index contributed by atoms with van der Waals surface area (Å²) in [7, 11) is 0. The van der Waals surface area contributed by atoms with Gasteiger partial charge in [-0.05, 0) is 46.6 Å². The summed E-state index contributed by atoms with van der Waals surface area (Å²) in [4.78, 5) is 40.3. The molecular weight excluding hydrogens is 428 g/mol. The lowest BCUT2D eigenvalue weighted by Gasteiger charge is -2.54. The van der Waals surface area contributed by atoms with Crippen LogP contribution < -0.4 is 0 Å². The number of ketones is 1. The first kappa shape index (κ1) is 20.4. The lowest BCUT2D eigenvalue weighted by molar-refractivity contribution is -0.168. The maximum atomic E-state index is 13.9. The fourth-order valence-corrected chi connectivity index (χ4v) is 9.36. The second kappa shape index (κ2) is 4.72. The second-order valence-electron chi connectivity index (χ2n) is 12.2. The zero-order chi connectivity index (χ0) is 23.9. The van der Waals surface area contributed by atoms with Crippen LogP contribution in [0.15, 0.2) is 23.8 Å². The number of ether oxygens (including phenoxy) is 4. The lowest BCUT2D eigenvalue weighted by atomic mass is 9.44. The maximum Gasteiger partial charge on any atom is 0.331 e. The van der Waals surface area contributed by atoms with Crippen molar-refractivity contribution in [2.75, 3.05) is 0 Å². The quantitative estimate of drug-likeness (QED) is 0.331. The molecule has 7 rings (SSSR count). The molecule has 2 spiro atoms. The van der Waals surface area contributed by atoms with Crippen molar-refractivity contribution in [1.29, 1.82) is 0 Å². The van der Waals surface area contributed by atoms with Gasteiger partial charge in [0.2, 0.25) is 0 Å². The fraction of sp³-hybridized carbons (Fsp3) is 0.720. The van der Waals surface area contributed by atoms with Crippen molar-refractivity contribution in [3.05, 3.63) is 23.8 Å². The number of epoxide rings is 1. The van der Waals surface area contributed by atoms with Gasteiger partial charge in [-0.2, -0.15) is 0 Å². The molecule has 176 valence electrons. The average Bonchev–Trinajstić information content (AvgIpc) is 3.36. The zero-order valence-corrected chi connectivity index (χ0v) is 19.6. The van der Waals surface area contributed by atoms with E-state index in [1.54, 1.807) is 13.8 Å². The van der Waals surface area contributed by atoms with Crippen LogP contribution in [0.1, 0.15) is 48.0 Å². The molecule has 1 N–H and O–H groups in total. The monoisotopic (exact) mass is 456 g/mol. The Kier molecular flexibility index (Phi) is 2.91. The number of Topliss-reactive ketones (excluding diaryl/α,β-unsaturated/α-hetero) is 1. The van der Waals surface area contributed by atoms with Gasteiger partial charge in [0.15, 0.2) is 17.0 Å². The van der Waals surface area contributed by atoms with Crippen LogP contribution in [-0.2, 0) is 33.3 Å². The molecule has 6 fully saturated rings. The van der Waals surface area contributed by atoms with Gasteiger partial charge in [0.05, 0.1) is 17.1 Å². The molecule has 3 saturated carbocycles. The van der Waals surface area contributed by atoms with Crippen molar-refractivity contribution in [1.82, 2.24) is 0 Å². The summed E-state index contributed by atoms with van der Waals surface area (Å²) in [5.74, 6) is -1.90. The Balaban J connectivity index is 1.57.